The van der Waals surface area contributed by atoms with Crippen LogP contribution in [0.4, 0.5) is 0 Å². The molecule has 1 heterocycles. The fourth-order valence-corrected chi connectivity index (χ4v) is 8.14. The lowest BCUT2D eigenvalue weighted by Gasteiger charge is -2.61. The summed E-state index contributed by atoms with van der Waals surface area (Å²) < 4.78 is 0. The van der Waals surface area contributed by atoms with Gasteiger partial charge in [0.15, 0.2) is 0 Å². The van der Waals surface area contributed by atoms with E-state index in [1.807, 2.05) is 0 Å². The lowest BCUT2D eigenvalue weighted by Crippen LogP contribution is -2.60. The number of oxime groups is 1. The zero-order valence-electron chi connectivity index (χ0n) is 18.9. The number of carbonyl (C=O) groups excluding carboxylic acids is 2. The molecule has 4 aliphatic carbocycles. The highest BCUT2D eigenvalue weighted by molar-refractivity contribution is 5.87. The number of carbonyl (C=O) groups is 2. The van der Waals surface area contributed by atoms with E-state index in [0.717, 1.165) is 83.0 Å². The number of Topliss-reactive ketones (excluding diaryl/α,β-unsaturated/α-hetero) is 1. The summed E-state index contributed by atoms with van der Waals surface area (Å²) in [7, 11) is 0. The first-order valence-corrected chi connectivity index (χ1v) is 12.1. The second-order valence-electron chi connectivity index (χ2n) is 11.1. The van der Waals surface area contributed by atoms with Gasteiger partial charge in [-0.25, -0.2) is 0 Å². The number of hydrogen-bond acceptors (Lipinski definition) is 5. The van der Waals surface area contributed by atoms with E-state index in [-0.39, 0.29) is 35.4 Å². The van der Waals surface area contributed by atoms with E-state index in [2.05, 4.69) is 29.6 Å². The molecule has 1 aliphatic heterocycles. The van der Waals surface area contributed by atoms with Gasteiger partial charge in [-0.05, 0) is 80.6 Å². The summed E-state index contributed by atoms with van der Waals surface area (Å²) in [6, 6.07) is 0.172. The van der Waals surface area contributed by atoms with Gasteiger partial charge in [0.1, 0.15) is 11.9 Å². The molecule has 0 radical (unpaired) electrons. The molecule has 6 nitrogen and oxygen atoms in total. The Balaban J connectivity index is 0.00000231. The number of nitrogens with zero attached hydrogens (tertiary/aromatic N) is 1. The summed E-state index contributed by atoms with van der Waals surface area (Å²) >= 11 is 0. The summed E-state index contributed by atoms with van der Waals surface area (Å²) in [5.74, 6) is 2.58. The third-order valence-corrected chi connectivity index (χ3v) is 9.89. The SMILES string of the molecule is C[C@]12CCC(=NO[C@@H]3CCNC3)CC1[C@@H](NC=O)C[C@@H]1[C@@H]2CC[C@]2(C)C(=O)CC[C@@H]12.Cl. The van der Waals surface area contributed by atoms with Crippen molar-refractivity contribution in [3.05, 3.63) is 0 Å². The molecule has 31 heavy (non-hydrogen) atoms. The van der Waals surface area contributed by atoms with Crippen molar-refractivity contribution in [2.24, 2.45) is 39.7 Å². The highest BCUT2D eigenvalue weighted by atomic mass is 35.5. The van der Waals surface area contributed by atoms with E-state index in [4.69, 9.17) is 4.84 Å². The highest BCUT2D eigenvalue weighted by Gasteiger charge is 2.62. The predicted octanol–water partition coefficient (Wildman–Crippen LogP) is 3.48. The van der Waals surface area contributed by atoms with Crippen LogP contribution in [0.15, 0.2) is 5.16 Å². The average Bonchev–Trinajstić information content (AvgIpc) is 3.35. The first-order chi connectivity index (χ1) is 14.5. The molecule has 0 aromatic heterocycles. The molecule has 0 aromatic carbocycles. The maximum atomic E-state index is 12.7. The molecule has 8 atom stereocenters. The number of ketones is 1. The van der Waals surface area contributed by atoms with Crippen molar-refractivity contribution in [1.82, 2.24) is 10.6 Å². The fourth-order valence-electron chi connectivity index (χ4n) is 8.14. The van der Waals surface area contributed by atoms with Crippen molar-refractivity contribution >= 4 is 30.3 Å². The zero-order valence-corrected chi connectivity index (χ0v) is 19.7. The van der Waals surface area contributed by atoms with Crippen LogP contribution in [-0.4, -0.2) is 43.1 Å². The Kier molecular flexibility index (Phi) is 6.43. The molecule has 7 heteroatoms. The van der Waals surface area contributed by atoms with Crippen LogP contribution >= 0.6 is 12.4 Å². The number of hydrogen-bond donors (Lipinski definition) is 2. The van der Waals surface area contributed by atoms with Crippen LogP contribution in [0.2, 0.25) is 0 Å². The van der Waals surface area contributed by atoms with Crippen molar-refractivity contribution in [1.29, 1.82) is 0 Å². The summed E-state index contributed by atoms with van der Waals surface area (Å²) in [6.45, 7) is 6.58. The summed E-state index contributed by atoms with van der Waals surface area (Å²) in [6.07, 6.45) is 10.1. The standard InChI is InChI=1S/C24H37N3O3.ClH/c1-23-8-5-15(27-30-16-7-10-25-13-16)11-20(23)21(26-14-28)12-17-18-3-4-22(29)24(18,2)9-6-19(17)23;/h14,16-21,25H,3-13H2,1-2H3,(H,26,28);1H/t16-,17+,18+,19+,20?,21+,23-,24+;/m1./s1. The maximum absolute atomic E-state index is 12.7. The monoisotopic (exact) mass is 451 g/mol. The van der Waals surface area contributed by atoms with Crippen molar-refractivity contribution < 1.29 is 14.4 Å². The third kappa shape index (κ3) is 3.72. The van der Waals surface area contributed by atoms with Crippen molar-refractivity contribution in [3.63, 3.8) is 0 Å². The fraction of sp³-hybridized carbons (Fsp3) is 0.875. The first kappa shape index (κ1) is 23.0. The molecule has 1 amide bonds. The molecule has 0 spiro atoms. The van der Waals surface area contributed by atoms with Crippen LogP contribution in [0.1, 0.15) is 71.6 Å². The minimum absolute atomic E-state index is 0. The van der Waals surface area contributed by atoms with Gasteiger partial charge in [-0.2, -0.15) is 0 Å². The van der Waals surface area contributed by atoms with Gasteiger partial charge >= 0.3 is 0 Å². The van der Waals surface area contributed by atoms with E-state index in [0.29, 0.717) is 29.5 Å². The van der Waals surface area contributed by atoms with Gasteiger partial charge in [0, 0.05) is 30.8 Å². The quantitative estimate of drug-likeness (QED) is 0.506. The van der Waals surface area contributed by atoms with Gasteiger partial charge in [0.2, 0.25) is 6.41 Å². The third-order valence-electron chi connectivity index (χ3n) is 9.89. The Hall–Kier alpha value is -1.14. The summed E-state index contributed by atoms with van der Waals surface area (Å²) in [4.78, 5) is 30.0. The van der Waals surface area contributed by atoms with E-state index in [1.54, 1.807) is 0 Å². The number of fused-ring (bicyclic) bond motifs is 5. The van der Waals surface area contributed by atoms with Gasteiger partial charge in [0.05, 0.1) is 5.71 Å². The van der Waals surface area contributed by atoms with Gasteiger partial charge in [0.25, 0.3) is 0 Å². The second kappa shape index (κ2) is 8.66. The molecule has 4 saturated carbocycles. The molecule has 1 saturated heterocycles. The highest BCUT2D eigenvalue weighted by Crippen LogP contribution is 2.65. The van der Waals surface area contributed by atoms with E-state index in [9.17, 15) is 9.59 Å². The Morgan fingerprint density at radius 3 is 2.71 bits per heavy atom. The summed E-state index contributed by atoms with van der Waals surface area (Å²) in [5, 5.41) is 11.1. The smallest absolute Gasteiger partial charge is 0.207 e. The number of rotatable bonds is 4. The lowest BCUT2D eigenvalue weighted by atomic mass is 9.44. The minimum Gasteiger partial charge on any atom is -0.391 e. The topological polar surface area (TPSA) is 79.8 Å². The van der Waals surface area contributed by atoms with E-state index in [1.165, 1.54) is 0 Å². The van der Waals surface area contributed by atoms with Gasteiger partial charge < -0.3 is 15.5 Å². The van der Waals surface area contributed by atoms with E-state index < -0.39 is 0 Å². The molecule has 1 unspecified atom stereocenters. The van der Waals surface area contributed by atoms with Crippen LogP contribution in [0, 0.1) is 34.5 Å². The number of nitrogens with one attached hydrogen (secondary N) is 2. The molecule has 0 bridgehead atoms. The van der Waals surface area contributed by atoms with Crippen LogP contribution < -0.4 is 10.6 Å². The normalized spacial score (nSPS) is 47.7. The number of amides is 1. The van der Waals surface area contributed by atoms with Crippen molar-refractivity contribution in [3.8, 4) is 0 Å². The second-order valence-corrected chi connectivity index (χ2v) is 11.1. The zero-order chi connectivity index (χ0) is 20.9. The van der Waals surface area contributed by atoms with Crippen molar-refractivity contribution in [2.75, 3.05) is 13.1 Å². The Morgan fingerprint density at radius 1 is 1.13 bits per heavy atom. The minimum atomic E-state index is -0.124. The van der Waals surface area contributed by atoms with Crippen LogP contribution in [0.25, 0.3) is 0 Å². The Labute approximate surface area is 192 Å². The molecule has 5 rings (SSSR count). The van der Waals surface area contributed by atoms with Crippen molar-refractivity contribution in [2.45, 2.75) is 83.8 Å². The van der Waals surface area contributed by atoms with Gasteiger partial charge in [-0.1, -0.05) is 19.0 Å². The molecular weight excluding hydrogens is 414 g/mol. The van der Waals surface area contributed by atoms with Gasteiger partial charge in [-0.3, -0.25) is 9.59 Å². The van der Waals surface area contributed by atoms with Crippen LogP contribution in [0.3, 0.4) is 0 Å². The maximum Gasteiger partial charge on any atom is 0.207 e. The summed E-state index contributed by atoms with van der Waals surface area (Å²) in [5.41, 5.74) is 1.24. The Bertz CT molecular complexity index is 740. The van der Waals surface area contributed by atoms with Crippen LogP contribution in [-0.2, 0) is 14.4 Å². The molecule has 174 valence electrons. The lowest BCUT2D eigenvalue weighted by molar-refractivity contribution is -0.140. The predicted molar refractivity (Wildman–Crippen MR) is 122 cm³/mol. The van der Waals surface area contributed by atoms with E-state index >= 15 is 0 Å². The molecule has 5 fully saturated rings. The molecule has 2 N–H and O–H groups in total. The average molecular weight is 452 g/mol. The Morgan fingerprint density at radius 2 is 1.97 bits per heavy atom. The van der Waals surface area contributed by atoms with Crippen LogP contribution in [0.5, 0.6) is 0 Å². The first-order valence-electron chi connectivity index (χ1n) is 12.1. The molecular formula is C24H38ClN3O3. The molecule has 0 aromatic rings. The largest absolute Gasteiger partial charge is 0.391 e. The number of halogens is 1. The molecule has 5 aliphatic rings. The van der Waals surface area contributed by atoms with Gasteiger partial charge in [-0.15, -0.1) is 12.4 Å².